The molecule has 0 saturated heterocycles. The van der Waals surface area contributed by atoms with Gasteiger partial charge in [0.05, 0.1) is 4.32 Å². The Labute approximate surface area is 110 Å². The van der Waals surface area contributed by atoms with Gasteiger partial charge in [0.25, 0.3) is 0 Å². The zero-order chi connectivity index (χ0) is 12.6. The lowest BCUT2D eigenvalue weighted by Gasteiger charge is -2.13. The molecule has 0 spiro atoms. The summed E-state index contributed by atoms with van der Waals surface area (Å²) < 4.78 is 1.59. The van der Waals surface area contributed by atoms with Crippen LogP contribution in [0.25, 0.3) is 10.9 Å². The quantitative estimate of drug-likeness (QED) is 0.619. The molecule has 1 aromatic heterocycles. The van der Waals surface area contributed by atoms with Crippen LogP contribution in [0.2, 0.25) is 0 Å². The summed E-state index contributed by atoms with van der Waals surface area (Å²) in [6.45, 7) is 6.72. The highest BCUT2D eigenvalue weighted by Gasteiger charge is 2.27. The molecule has 0 bridgehead atoms. The van der Waals surface area contributed by atoms with Crippen molar-refractivity contribution in [3.05, 3.63) is 36.0 Å². The van der Waals surface area contributed by atoms with Gasteiger partial charge in [0.1, 0.15) is 0 Å². The molecule has 1 heterocycles. The largest absolute Gasteiger partial charge is 0.347 e. The number of para-hydroxylation sites is 1. The Bertz CT molecular complexity index is 563. The minimum Gasteiger partial charge on any atom is -0.347 e. The number of ketones is 1. The molecule has 0 radical (unpaired) electrons. The van der Waals surface area contributed by atoms with Gasteiger partial charge in [0.15, 0.2) is 5.78 Å². The number of hydrogen-bond acceptors (Lipinski definition) is 1. The topological polar surface area (TPSA) is 22.0 Å². The number of fused-ring (bicyclic) bond motifs is 1. The molecule has 2 nitrogen and oxygen atoms in total. The summed E-state index contributed by atoms with van der Waals surface area (Å²) in [5.41, 5.74) is 1.92. The molecule has 0 fully saturated rings. The Balaban J connectivity index is 2.67. The standard InChI is InChI=1S/C14H16BrNO/c1-4-16-9-11(13(17)14(2,3)15)10-7-5-6-8-12(10)16/h5-9H,4H2,1-3H3. The number of carbonyl (C=O) groups excluding carboxylic acids is 1. The Morgan fingerprint density at radius 2 is 2.00 bits per heavy atom. The summed E-state index contributed by atoms with van der Waals surface area (Å²) in [6, 6.07) is 8.03. The summed E-state index contributed by atoms with van der Waals surface area (Å²) in [6.07, 6.45) is 1.95. The lowest BCUT2D eigenvalue weighted by Crippen LogP contribution is -2.23. The SMILES string of the molecule is CCn1cc(C(=O)C(C)(C)Br)c2ccccc21. The molecule has 3 heteroatoms. The lowest BCUT2D eigenvalue weighted by atomic mass is 10.0. The molecule has 0 N–H and O–H groups in total. The van der Waals surface area contributed by atoms with E-state index < -0.39 is 4.32 Å². The maximum Gasteiger partial charge on any atom is 0.181 e. The first-order valence-electron chi connectivity index (χ1n) is 5.76. The number of alkyl halides is 1. The van der Waals surface area contributed by atoms with Crippen LogP contribution >= 0.6 is 15.9 Å². The van der Waals surface area contributed by atoms with Crippen LogP contribution in [0.4, 0.5) is 0 Å². The van der Waals surface area contributed by atoms with Crippen molar-refractivity contribution in [1.82, 2.24) is 4.57 Å². The van der Waals surface area contributed by atoms with Crippen molar-refractivity contribution in [2.45, 2.75) is 31.6 Å². The van der Waals surface area contributed by atoms with Crippen molar-refractivity contribution < 1.29 is 4.79 Å². The minimum absolute atomic E-state index is 0.126. The Morgan fingerprint density at radius 3 is 2.59 bits per heavy atom. The Hall–Kier alpha value is -1.09. The molecule has 0 saturated carbocycles. The van der Waals surface area contributed by atoms with Gasteiger partial charge in [-0.1, -0.05) is 34.1 Å². The van der Waals surface area contributed by atoms with Crippen molar-refractivity contribution in [3.63, 3.8) is 0 Å². The number of halogens is 1. The normalized spacial score (nSPS) is 12.0. The van der Waals surface area contributed by atoms with Crippen LogP contribution in [0.5, 0.6) is 0 Å². The predicted molar refractivity (Wildman–Crippen MR) is 74.9 cm³/mol. The first kappa shape index (κ1) is 12.4. The zero-order valence-electron chi connectivity index (χ0n) is 10.3. The average Bonchev–Trinajstić information content (AvgIpc) is 2.65. The second-order valence-corrected chi connectivity index (χ2v) is 6.63. The van der Waals surface area contributed by atoms with Crippen LogP contribution in [-0.2, 0) is 6.54 Å². The molecule has 0 atom stereocenters. The maximum absolute atomic E-state index is 12.3. The molecule has 0 amide bonds. The minimum atomic E-state index is -0.518. The molecule has 0 unspecified atom stereocenters. The first-order chi connectivity index (χ1) is 7.95. The van der Waals surface area contributed by atoms with Crippen molar-refractivity contribution in [2.24, 2.45) is 0 Å². The number of Topliss-reactive ketones (excluding diaryl/α,β-unsaturated/α-hetero) is 1. The van der Waals surface area contributed by atoms with Gasteiger partial charge in [-0.05, 0) is 26.8 Å². The van der Waals surface area contributed by atoms with Crippen molar-refractivity contribution in [1.29, 1.82) is 0 Å². The van der Waals surface area contributed by atoms with Gasteiger partial charge in [-0.15, -0.1) is 0 Å². The number of benzene rings is 1. The van der Waals surface area contributed by atoms with Gasteiger partial charge in [0.2, 0.25) is 0 Å². The summed E-state index contributed by atoms with van der Waals surface area (Å²) in [5.74, 6) is 0.126. The maximum atomic E-state index is 12.3. The second kappa shape index (κ2) is 4.30. The van der Waals surface area contributed by atoms with E-state index in [-0.39, 0.29) is 5.78 Å². The molecule has 2 aromatic rings. The molecular formula is C14H16BrNO. The molecule has 0 aliphatic carbocycles. The third-order valence-electron chi connectivity index (χ3n) is 2.91. The van der Waals surface area contributed by atoms with E-state index in [0.29, 0.717) is 0 Å². The summed E-state index contributed by atoms with van der Waals surface area (Å²) >= 11 is 3.44. The van der Waals surface area contributed by atoms with Crippen LogP contribution < -0.4 is 0 Å². The van der Waals surface area contributed by atoms with E-state index >= 15 is 0 Å². The van der Waals surface area contributed by atoms with Gasteiger partial charge in [-0.25, -0.2) is 0 Å². The number of hydrogen-bond donors (Lipinski definition) is 0. The number of rotatable bonds is 3. The highest BCUT2D eigenvalue weighted by Crippen LogP contribution is 2.28. The molecule has 0 aliphatic heterocycles. The highest BCUT2D eigenvalue weighted by atomic mass is 79.9. The summed E-state index contributed by atoms with van der Waals surface area (Å²) in [4.78, 5) is 12.3. The fourth-order valence-electron chi connectivity index (χ4n) is 2.01. The first-order valence-corrected chi connectivity index (χ1v) is 6.56. The van der Waals surface area contributed by atoms with Gasteiger partial charge in [-0.3, -0.25) is 4.79 Å². The molecular weight excluding hydrogens is 278 g/mol. The summed E-state index contributed by atoms with van der Waals surface area (Å²) in [7, 11) is 0. The predicted octanol–water partition coefficient (Wildman–Crippen LogP) is 4.02. The zero-order valence-corrected chi connectivity index (χ0v) is 11.9. The highest BCUT2D eigenvalue weighted by molar-refractivity contribution is 9.10. The van der Waals surface area contributed by atoms with Crippen LogP contribution in [0.1, 0.15) is 31.1 Å². The van der Waals surface area contributed by atoms with Crippen molar-refractivity contribution in [3.8, 4) is 0 Å². The van der Waals surface area contributed by atoms with E-state index in [1.165, 1.54) is 0 Å². The second-order valence-electron chi connectivity index (χ2n) is 4.65. The Morgan fingerprint density at radius 1 is 1.35 bits per heavy atom. The van der Waals surface area contributed by atoms with Crippen molar-refractivity contribution in [2.75, 3.05) is 0 Å². The molecule has 2 rings (SSSR count). The number of aryl methyl sites for hydroxylation is 1. The number of carbonyl (C=O) groups is 1. The fourth-order valence-corrected chi connectivity index (χ4v) is 2.22. The monoisotopic (exact) mass is 293 g/mol. The van der Waals surface area contributed by atoms with E-state index in [1.54, 1.807) is 0 Å². The van der Waals surface area contributed by atoms with Gasteiger partial charge < -0.3 is 4.57 Å². The smallest absolute Gasteiger partial charge is 0.181 e. The summed E-state index contributed by atoms with van der Waals surface area (Å²) in [5, 5.41) is 1.03. The van der Waals surface area contributed by atoms with Crippen LogP contribution in [0.15, 0.2) is 30.5 Å². The van der Waals surface area contributed by atoms with E-state index in [4.69, 9.17) is 0 Å². The van der Waals surface area contributed by atoms with Crippen LogP contribution in [0.3, 0.4) is 0 Å². The van der Waals surface area contributed by atoms with E-state index in [1.807, 2.05) is 38.2 Å². The van der Waals surface area contributed by atoms with E-state index in [0.717, 1.165) is 23.0 Å². The van der Waals surface area contributed by atoms with E-state index in [2.05, 4.69) is 33.5 Å². The average molecular weight is 294 g/mol. The molecule has 1 aromatic carbocycles. The van der Waals surface area contributed by atoms with E-state index in [9.17, 15) is 4.79 Å². The third kappa shape index (κ3) is 2.16. The lowest BCUT2D eigenvalue weighted by molar-refractivity contribution is 0.0962. The third-order valence-corrected chi connectivity index (χ3v) is 3.27. The molecule has 0 aliphatic rings. The molecule has 17 heavy (non-hydrogen) atoms. The number of aromatic nitrogens is 1. The molecule has 90 valence electrons. The Kier molecular flexibility index (Phi) is 3.13. The van der Waals surface area contributed by atoms with Crippen LogP contribution in [-0.4, -0.2) is 14.7 Å². The van der Waals surface area contributed by atoms with Crippen LogP contribution in [0, 0.1) is 0 Å². The van der Waals surface area contributed by atoms with Gasteiger partial charge >= 0.3 is 0 Å². The number of nitrogens with zero attached hydrogens (tertiary/aromatic N) is 1. The van der Waals surface area contributed by atoms with Gasteiger partial charge in [0, 0.05) is 29.2 Å². The van der Waals surface area contributed by atoms with Crippen molar-refractivity contribution >= 4 is 32.6 Å². The van der Waals surface area contributed by atoms with Gasteiger partial charge in [-0.2, -0.15) is 0 Å². The fraction of sp³-hybridized carbons (Fsp3) is 0.357.